The summed E-state index contributed by atoms with van der Waals surface area (Å²) >= 11 is 0. The standard InChI is InChI=1S/C25H26O8/c1-11(2)5-7-13-19(28)18-20(29)21(30)22(12-6-8-15(26)16(27)9-12)33-24(18)14-10-17(25(3,4)31)32-23(13)14/h5-6,8-9,17,26-28,30-31H,7,10H2,1-4H3. The summed E-state index contributed by atoms with van der Waals surface area (Å²) in [7, 11) is 0. The van der Waals surface area contributed by atoms with E-state index in [9.17, 15) is 30.3 Å². The summed E-state index contributed by atoms with van der Waals surface area (Å²) in [6.45, 7) is 7.01. The topological polar surface area (TPSA) is 141 Å². The van der Waals surface area contributed by atoms with E-state index in [0.717, 1.165) is 11.6 Å². The first-order valence-electron chi connectivity index (χ1n) is 10.5. The van der Waals surface area contributed by atoms with E-state index in [1.165, 1.54) is 12.1 Å². The number of rotatable bonds is 4. The van der Waals surface area contributed by atoms with Gasteiger partial charge in [0.25, 0.3) is 0 Å². The molecule has 8 heteroatoms. The van der Waals surface area contributed by atoms with Crippen molar-refractivity contribution in [2.45, 2.75) is 52.2 Å². The summed E-state index contributed by atoms with van der Waals surface area (Å²) in [4.78, 5) is 13.2. The Bertz CT molecular complexity index is 1350. The van der Waals surface area contributed by atoms with Crippen LogP contribution >= 0.6 is 0 Å². The number of fused-ring (bicyclic) bond motifs is 3. The summed E-state index contributed by atoms with van der Waals surface area (Å²) in [6.07, 6.45) is 1.71. The average molecular weight is 454 g/mol. The summed E-state index contributed by atoms with van der Waals surface area (Å²) in [5.74, 6) is -1.82. The van der Waals surface area contributed by atoms with Crippen molar-refractivity contribution in [2.75, 3.05) is 0 Å². The maximum Gasteiger partial charge on any atom is 0.238 e. The van der Waals surface area contributed by atoms with E-state index in [4.69, 9.17) is 9.15 Å². The van der Waals surface area contributed by atoms with Crippen molar-refractivity contribution in [3.05, 3.63) is 51.2 Å². The summed E-state index contributed by atoms with van der Waals surface area (Å²) in [5.41, 5.74) is -0.0120. The Kier molecular flexibility index (Phi) is 5.29. The first-order valence-corrected chi connectivity index (χ1v) is 10.5. The molecule has 8 nitrogen and oxygen atoms in total. The molecule has 33 heavy (non-hydrogen) atoms. The van der Waals surface area contributed by atoms with Crippen molar-refractivity contribution in [2.24, 2.45) is 0 Å². The molecule has 2 aromatic carbocycles. The van der Waals surface area contributed by atoms with Gasteiger partial charge in [0.1, 0.15) is 28.6 Å². The van der Waals surface area contributed by atoms with E-state index in [2.05, 4.69) is 0 Å². The van der Waals surface area contributed by atoms with E-state index < -0.39 is 28.6 Å². The SMILES string of the molecule is CC(C)=CCc1c2c(c3oc(-c4ccc(O)c(O)c4)c(O)c(=O)c3c1O)CC(C(C)(C)O)O2. The second-order valence-electron chi connectivity index (χ2n) is 9.10. The van der Waals surface area contributed by atoms with Crippen LogP contribution in [-0.2, 0) is 12.8 Å². The van der Waals surface area contributed by atoms with Gasteiger partial charge >= 0.3 is 0 Å². The van der Waals surface area contributed by atoms with Crippen molar-refractivity contribution >= 4 is 11.0 Å². The molecule has 5 N–H and O–H groups in total. The van der Waals surface area contributed by atoms with Gasteiger partial charge in [0, 0.05) is 23.1 Å². The van der Waals surface area contributed by atoms with Crippen LogP contribution in [0.15, 0.2) is 39.1 Å². The monoisotopic (exact) mass is 454 g/mol. The van der Waals surface area contributed by atoms with Crippen molar-refractivity contribution < 1.29 is 34.7 Å². The van der Waals surface area contributed by atoms with Crippen molar-refractivity contribution in [1.29, 1.82) is 0 Å². The zero-order valence-electron chi connectivity index (χ0n) is 18.8. The highest BCUT2D eigenvalue weighted by Gasteiger charge is 2.39. The van der Waals surface area contributed by atoms with Crippen LogP contribution < -0.4 is 10.2 Å². The Hall–Kier alpha value is -3.65. The number of aromatic hydroxyl groups is 4. The largest absolute Gasteiger partial charge is 0.507 e. The number of phenols is 3. The number of benzene rings is 2. The van der Waals surface area contributed by atoms with Crippen LogP contribution in [0.25, 0.3) is 22.3 Å². The van der Waals surface area contributed by atoms with E-state index in [1.54, 1.807) is 13.8 Å². The highest BCUT2D eigenvalue weighted by molar-refractivity contribution is 5.93. The number of phenolic OH excluding ortho intramolecular Hbond substituents is 3. The second-order valence-corrected chi connectivity index (χ2v) is 9.10. The lowest BCUT2D eigenvalue weighted by molar-refractivity contribution is -0.0232. The maximum absolute atomic E-state index is 13.2. The molecular formula is C25H26O8. The van der Waals surface area contributed by atoms with Gasteiger partial charge in [-0.1, -0.05) is 11.6 Å². The van der Waals surface area contributed by atoms with Gasteiger partial charge in [0.05, 0.1) is 5.60 Å². The molecule has 0 amide bonds. The van der Waals surface area contributed by atoms with Crippen LogP contribution in [0.3, 0.4) is 0 Å². The Morgan fingerprint density at radius 1 is 1.12 bits per heavy atom. The fraction of sp³-hybridized carbons (Fsp3) is 0.320. The lowest BCUT2D eigenvalue weighted by Gasteiger charge is -2.24. The smallest absolute Gasteiger partial charge is 0.238 e. The molecule has 0 saturated heterocycles. The molecule has 0 aliphatic carbocycles. The Balaban J connectivity index is 2.05. The summed E-state index contributed by atoms with van der Waals surface area (Å²) in [5, 5.41) is 51.5. The van der Waals surface area contributed by atoms with E-state index in [1.807, 2.05) is 19.9 Å². The summed E-state index contributed by atoms with van der Waals surface area (Å²) < 4.78 is 12.0. The molecule has 1 aromatic heterocycles. The lowest BCUT2D eigenvalue weighted by Crippen LogP contribution is -2.39. The third kappa shape index (κ3) is 3.76. The fourth-order valence-electron chi connectivity index (χ4n) is 3.94. The van der Waals surface area contributed by atoms with Gasteiger partial charge in [0.2, 0.25) is 11.2 Å². The van der Waals surface area contributed by atoms with E-state index >= 15 is 0 Å². The van der Waals surface area contributed by atoms with Crippen LogP contribution in [0.2, 0.25) is 0 Å². The van der Waals surface area contributed by atoms with Crippen LogP contribution in [0.4, 0.5) is 0 Å². The van der Waals surface area contributed by atoms with E-state index in [-0.39, 0.29) is 46.6 Å². The minimum Gasteiger partial charge on any atom is -0.507 e. The minimum absolute atomic E-state index is 0.0283. The lowest BCUT2D eigenvalue weighted by atomic mass is 9.94. The molecule has 1 aliphatic rings. The van der Waals surface area contributed by atoms with Crippen LogP contribution in [-0.4, -0.2) is 37.2 Å². The second kappa shape index (κ2) is 7.74. The molecule has 0 radical (unpaired) electrons. The molecule has 1 aliphatic heterocycles. The average Bonchev–Trinajstić information content (AvgIpc) is 3.17. The zero-order valence-corrected chi connectivity index (χ0v) is 18.8. The number of aliphatic hydroxyl groups is 1. The van der Waals surface area contributed by atoms with Gasteiger partial charge in [-0.25, -0.2) is 0 Å². The molecule has 3 aromatic rings. The molecular weight excluding hydrogens is 428 g/mol. The predicted octanol–water partition coefficient (Wildman–Crippen LogP) is 3.87. The molecule has 0 spiro atoms. The number of hydrogen-bond acceptors (Lipinski definition) is 8. The molecule has 0 bridgehead atoms. The van der Waals surface area contributed by atoms with Crippen LogP contribution in [0.5, 0.6) is 28.7 Å². The molecule has 1 atom stereocenters. The van der Waals surface area contributed by atoms with Gasteiger partial charge in [-0.2, -0.15) is 0 Å². The first kappa shape index (κ1) is 22.5. The van der Waals surface area contributed by atoms with Gasteiger partial charge in [-0.3, -0.25) is 4.79 Å². The Morgan fingerprint density at radius 3 is 2.42 bits per heavy atom. The van der Waals surface area contributed by atoms with Crippen LogP contribution in [0.1, 0.15) is 38.8 Å². The molecule has 0 saturated carbocycles. The van der Waals surface area contributed by atoms with Gasteiger partial charge in [-0.05, 0) is 52.3 Å². The first-order chi connectivity index (χ1) is 15.4. The zero-order chi connectivity index (χ0) is 24.2. The predicted molar refractivity (Wildman–Crippen MR) is 122 cm³/mol. The molecule has 174 valence electrons. The highest BCUT2D eigenvalue weighted by Crippen LogP contribution is 2.47. The number of allylic oxidation sites excluding steroid dienone is 2. The fourth-order valence-corrected chi connectivity index (χ4v) is 3.94. The van der Waals surface area contributed by atoms with Crippen LogP contribution in [0, 0.1) is 0 Å². The van der Waals surface area contributed by atoms with Gasteiger partial charge < -0.3 is 34.7 Å². The maximum atomic E-state index is 13.2. The molecule has 2 heterocycles. The number of ether oxygens (including phenoxy) is 1. The van der Waals surface area contributed by atoms with Gasteiger partial charge in [-0.15, -0.1) is 0 Å². The third-order valence-corrected chi connectivity index (χ3v) is 5.82. The molecule has 4 rings (SSSR count). The molecule has 1 unspecified atom stereocenters. The minimum atomic E-state index is -1.21. The molecule has 0 fully saturated rings. The Morgan fingerprint density at radius 2 is 1.82 bits per heavy atom. The van der Waals surface area contributed by atoms with Gasteiger partial charge in [0.15, 0.2) is 17.3 Å². The number of hydrogen-bond donors (Lipinski definition) is 5. The van der Waals surface area contributed by atoms with Crippen molar-refractivity contribution in [3.8, 4) is 40.1 Å². The van der Waals surface area contributed by atoms with Crippen molar-refractivity contribution in [3.63, 3.8) is 0 Å². The van der Waals surface area contributed by atoms with E-state index in [0.29, 0.717) is 16.9 Å². The third-order valence-electron chi connectivity index (χ3n) is 5.82. The highest BCUT2D eigenvalue weighted by atomic mass is 16.5. The quantitative estimate of drug-likeness (QED) is 0.296. The summed E-state index contributed by atoms with van der Waals surface area (Å²) in [6, 6.07) is 3.73. The van der Waals surface area contributed by atoms with Crippen molar-refractivity contribution in [1.82, 2.24) is 0 Å². The Labute approximate surface area is 189 Å². The normalized spacial score (nSPS) is 15.4.